The van der Waals surface area contributed by atoms with Crippen LogP contribution in [0, 0.1) is 0 Å². The first-order valence-electron chi connectivity index (χ1n) is 7.16. The molecule has 1 aromatic rings. The Morgan fingerprint density at radius 3 is 2.95 bits per heavy atom. The van der Waals surface area contributed by atoms with E-state index < -0.39 is 0 Å². The molecule has 2 heterocycles. The number of fused-ring (bicyclic) bond motifs is 1. The van der Waals surface area contributed by atoms with E-state index in [1.54, 1.807) is 18.2 Å². The predicted molar refractivity (Wildman–Crippen MR) is 81.0 cm³/mol. The molecular formula is C15H20ClN3O. The number of hydrogen-bond donors (Lipinski definition) is 1. The maximum Gasteiger partial charge on any atom is 0.256 e. The summed E-state index contributed by atoms with van der Waals surface area (Å²) in [5.74, 6) is 0.0261. The van der Waals surface area contributed by atoms with Gasteiger partial charge < -0.3 is 10.6 Å². The number of amides is 1. The van der Waals surface area contributed by atoms with Crippen LogP contribution in [-0.2, 0) is 0 Å². The number of carbonyl (C=O) groups excluding carboxylic acids is 1. The van der Waals surface area contributed by atoms with Crippen LogP contribution in [0.25, 0.3) is 0 Å². The van der Waals surface area contributed by atoms with Crippen LogP contribution in [0.2, 0.25) is 5.02 Å². The van der Waals surface area contributed by atoms with Crippen LogP contribution in [0.4, 0.5) is 5.69 Å². The van der Waals surface area contributed by atoms with Gasteiger partial charge in [-0.05, 0) is 44.5 Å². The van der Waals surface area contributed by atoms with Gasteiger partial charge in [0.25, 0.3) is 5.91 Å². The fraction of sp³-hybridized carbons (Fsp3) is 0.533. The van der Waals surface area contributed by atoms with Crippen molar-refractivity contribution in [2.24, 2.45) is 0 Å². The maximum atomic E-state index is 12.7. The van der Waals surface area contributed by atoms with Crippen molar-refractivity contribution >= 4 is 23.2 Å². The molecule has 0 aromatic heterocycles. The number of nitrogens with two attached hydrogens (primary N) is 1. The Morgan fingerprint density at radius 2 is 2.20 bits per heavy atom. The summed E-state index contributed by atoms with van der Waals surface area (Å²) >= 11 is 5.90. The lowest BCUT2D eigenvalue weighted by Gasteiger charge is -2.42. The molecule has 0 spiro atoms. The fourth-order valence-electron chi connectivity index (χ4n) is 3.35. The second-order valence-electron chi connectivity index (χ2n) is 5.83. The summed E-state index contributed by atoms with van der Waals surface area (Å²) < 4.78 is 0. The Morgan fingerprint density at radius 1 is 1.40 bits per heavy atom. The second-order valence-corrected chi connectivity index (χ2v) is 6.27. The van der Waals surface area contributed by atoms with Crippen LogP contribution in [0.5, 0.6) is 0 Å². The number of anilines is 1. The van der Waals surface area contributed by atoms with Crippen LogP contribution in [0.1, 0.15) is 30.1 Å². The Balaban J connectivity index is 1.82. The number of hydrogen-bond acceptors (Lipinski definition) is 3. The van der Waals surface area contributed by atoms with Crippen molar-refractivity contribution in [1.29, 1.82) is 0 Å². The van der Waals surface area contributed by atoms with E-state index in [-0.39, 0.29) is 11.9 Å². The molecule has 5 heteroatoms. The van der Waals surface area contributed by atoms with E-state index in [0.29, 0.717) is 22.3 Å². The predicted octanol–water partition coefficient (Wildman–Crippen LogP) is 2.23. The van der Waals surface area contributed by atoms with Crippen LogP contribution < -0.4 is 5.73 Å². The lowest BCUT2D eigenvalue weighted by molar-refractivity contribution is 0.0396. The van der Waals surface area contributed by atoms with E-state index in [4.69, 9.17) is 17.3 Å². The van der Waals surface area contributed by atoms with Gasteiger partial charge in [0, 0.05) is 35.9 Å². The van der Waals surface area contributed by atoms with Gasteiger partial charge >= 0.3 is 0 Å². The van der Waals surface area contributed by atoms with Crippen molar-refractivity contribution in [3.05, 3.63) is 28.8 Å². The van der Waals surface area contributed by atoms with Crippen molar-refractivity contribution in [1.82, 2.24) is 9.80 Å². The van der Waals surface area contributed by atoms with E-state index in [9.17, 15) is 4.79 Å². The molecule has 0 radical (unpaired) electrons. The van der Waals surface area contributed by atoms with Gasteiger partial charge in [-0.3, -0.25) is 9.69 Å². The SMILES string of the molecule is CC1CN2CCCC2CN1C(=O)c1ccc(Cl)cc1N. The molecule has 1 amide bonds. The van der Waals surface area contributed by atoms with Gasteiger partial charge in [0.15, 0.2) is 0 Å². The highest BCUT2D eigenvalue weighted by atomic mass is 35.5. The molecule has 0 saturated carbocycles. The molecule has 2 unspecified atom stereocenters. The van der Waals surface area contributed by atoms with E-state index in [1.165, 1.54) is 19.4 Å². The zero-order chi connectivity index (χ0) is 14.3. The van der Waals surface area contributed by atoms with Crippen LogP contribution >= 0.6 is 11.6 Å². The van der Waals surface area contributed by atoms with Crippen LogP contribution in [-0.4, -0.2) is 47.4 Å². The summed E-state index contributed by atoms with van der Waals surface area (Å²) in [6.45, 7) is 5.05. The van der Waals surface area contributed by atoms with Gasteiger partial charge in [-0.15, -0.1) is 0 Å². The van der Waals surface area contributed by atoms with E-state index in [2.05, 4.69) is 11.8 Å². The third-order valence-electron chi connectivity index (χ3n) is 4.44. The Hall–Kier alpha value is -1.26. The molecule has 2 atom stereocenters. The van der Waals surface area contributed by atoms with Gasteiger partial charge in [0.1, 0.15) is 0 Å². The lowest BCUT2D eigenvalue weighted by atomic mass is 10.1. The number of piperazine rings is 1. The standard InChI is InChI=1S/C15H20ClN3O/c1-10-8-18-6-2-3-12(18)9-19(10)15(20)13-5-4-11(16)7-14(13)17/h4-5,7,10,12H,2-3,6,8-9,17H2,1H3. The van der Waals surface area contributed by atoms with E-state index >= 15 is 0 Å². The molecule has 4 nitrogen and oxygen atoms in total. The fourth-order valence-corrected chi connectivity index (χ4v) is 3.53. The Kier molecular flexibility index (Phi) is 3.61. The summed E-state index contributed by atoms with van der Waals surface area (Å²) in [5, 5.41) is 0.563. The van der Waals surface area contributed by atoms with E-state index in [0.717, 1.165) is 13.1 Å². The first kappa shape index (κ1) is 13.7. The average molecular weight is 294 g/mol. The third-order valence-corrected chi connectivity index (χ3v) is 4.68. The summed E-state index contributed by atoms with van der Waals surface area (Å²) in [4.78, 5) is 17.2. The number of nitrogen functional groups attached to an aromatic ring is 1. The molecule has 2 N–H and O–H groups in total. The zero-order valence-corrected chi connectivity index (χ0v) is 12.4. The van der Waals surface area contributed by atoms with Crippen LogP contribution in [0.15, 0.2) is 18.2 Å². The van der Waals surface area contributed by atoms with Gasteiger partial charge in [0.05, 0.1) is 5.56 Å². The summed E-state index contributed by atoms with van der Waals surface area (Å²) in [7, 11) is 0. The van der Waals surface area contributed by atoms with Gasteiger partial charge in [-0.25, -0.2) is 0 Å². The zero-order valence-electron chi connectivity index (χ0n) is 11.7. The average Bonchev–Trinajstić information content (AvgIpc) is 2.84. The number of carbonyl (C=O) groups is 1. The highest BCUT2D eigenvalue weighted by Crippen LogP contribution is 2.27. The molecule has 0 aliphatic carbocycles. The summed E-state index contributed by atoms with van der Waals surface area (Å²) in [6.07, 6.45) is 2.43. The first-order chi connectivity index (χ1) is 9.56. The third kappa shape index (κ3) is 2.38. The number of benzene rings is 1. The molecule has 2 fully saturated rings. The highest BCUT2D eigenvalue weighted by Gasteiger charge is 2.37. The Labute approximate surface area is 124 Å². The van der Waals surface area contributed by atoms with Crippen molar-refractivity contribution < 1.29 is 4.79 Å². The maximum absolute atomic E-state index is 12.7. The quantitative estimate of drug-likeness (QED) is 0.808. The van der Waals surface area contributed by atoms with Crippen molar-refractivity contribution in [2.45, 2.75) is 31.8 Å². The molecule has 1 aromatic carbocycles. The van der Waals surface area contributed by atoms with Gasteiger partial charge in [-0.2, -0.15) is 0 Å². The van der Waals surface area contributed by atoms with Crippen LogP contribution in [0.3, 0.4) is 0 Å². The minimum absolute atomic E-state index is 0.0261. The van der Waals surface area contributed by atoms with Crippen molar-refractivity contribution in [3.8, 4) is 0 Å². The highest BCUT2D eigenvalue weighted by molar-refractivity contribution is 6.31. The monoisotopic (exact) mass is 293 g/mol. The molecule has 2 aliphatic heterocycles. The minimum Gasteiger partial charge on any atom is -0.398 e. The molecule has 20 heavy (non-hydrogen) atoms. The van der Waals surface area contributed by atoms with Crippen molar-refractivity contribution in [3.63, 3.8) is 0 Å². The smallest absolute Gasteiger partial charge is 0.256 e. The number of halogens is 1. The second kappa shape index (κ2) is 5.26. The molecule has 108 valence electrons. The number of rotatable bonds is 1. The van der Waals surface area contributed by atoms with Crippen molar-refractivity contribution in [2.75, 3.05) is 25.4 Å². The molecular weight excluding hydrogens is 274 g/mol. The minimum atomic E-state index is 0.0261. The number of nitrogens with zero attached hydrogens (tertiary/aromatic N) is 2. The Bertz CT molecular complexity index is 534. The topological polar surface area (TPSA) is 49.6 Å². The first-order valence-corrected chi connectivity index (χ1v) is 7.54. The summed E-state index contributed by atoms with van der Waals surface area (Å²) in [5.41, 5.74) is 6.96. The molecule has 2 saturated heterocycles. The molecule has 3 rings (SSSR count). The normalized spacial score (nSPS) is 26.6. The van der Waals surface area contributed by atoms with E-state index in [1.807, 2.05) is 4.90 Å². The van der Waals surface area contributed by atoms with Gasteiger partial charge in [0.2, 0.25) is 0 Å². The lowest BCUT2D eigenvalue weighted by Crippen LogP contribution is -2.56. The largest absolute Gasteiger partial charge is 0.398 e. The van der Waals surface area contributed by atoms with Gasteiger partial charge in [-0.1, -0.05) is 11.6 Å². The summed E-state index contributed by atoms with van der Waals surface area (Å²) in [6, 6.07) is 5.84. The molecule has 2 aliphatic rings. The molecule has 0 bridgehead atoms.